The fourth-order valence-electron chi connectivity index (χ4n) is 1.68. The monoisotopic (exact) mass is 340 g/mol. The van der Waals surface area contributed by atoms with Crippen molar-refractivity contribution in [1.82, 2.24) is 20.3 Å². The molecule has 6 heteroatoms. The average Bonchev–Trinajstić information content (AvgIpc) is 2.77. The third-order valence-corrected chi connectivity index (χ3v) is 3.47. The Hall–Kier alpha value is -1.27. The van der Waals surface area contributed by atoms with Crippen molar-refractivity contribution < 1.29 is 4.39 Å². The van der Waals surface area contributed by atoms with Crippen LogP contribution in [0, 0.1) is 5.82 Å². The minimum Gasteiger partial charge on any atom is -0.306 e. The van der Waals surface area contributed by atoms with E-state index in [1.165, 1.54) is 12.1 Å². The van der Waals surface area contributed by atoms with Crippen LogP contribution in [0.4, 0.5) is 4.39 Å². The van der Waals surface area contributed by atoms with Crippen LogP contribution in [0.3, 0.4) is 0 Å². The number of aromatic nitrogens is 3. The molecular formula is C14H18BrFN4. The number of hydrogen-bond acceptors (Lipinski definition) is 3. The first-order valence-corrected chi connectivity index (χ1v) is 7.21. The van der Waals surface area contributed by atoms with Crippen LogP contribution in [-0.2, 0) is 13.1 Å². The molecule has 0 spiro atoms. The molecule has 0 radical (unpaired) electrons. The number of hydrogen-bond donors (Lipinski definition) is 1. The fraction of sp³-hybridized carbons (Fsp3) is 0.429. The lowest BCUT2D eigenvalue weighted by molar-refractivity contribution is 0.421. The topological polar surface area (TPSA) is 42.7 Å². The minimum atomic E-state index is -0.255. The molecule has 1 heterocycles. The van der Waals surface area contributed by atoms with Gasteiger partial charge in [-0.1, -0.05) is 27.2 Å². The molecular weight excluding hydrogens is 323 g/mol. The predicted octanol–water partition coefficient (Wildman–Crippen LogP) is 3.12. The standard InChI is InChI=1S/C14H18BrFN4/c1-14(2,3)17-7-12-9-20(19-18-12)8-10-4-5-11(16)6-13(10)15/h4-6,9,17H,7-8H2,1-3H3. The first kappa shape index (κ1) is 15.1. The second-order valence-electron chi connectivity index (χ2n) is 5.75. The molecule has 0 aliphatic rings. The molecule has 0 fully saturated rings. The van der Waals surface area contributed by atoms with E-state index in [9.17, 15) is 4.39 Å². The van der Waals surface area contributed by atoms with E-state index < -0.39 is 0 Å². The quantitative estimate of drug-likeness (QED) is 0.929. The lowest BCUT2D eigenvalue weighted by atomic mass is 10.1. The minimum absolute atomic E-state index is 0.0454. The molecule has 2 aromatic rings. The van der Waals surface area contributed by atoms with E-state index >= 15 is 0 Å². The van der Waals surface area contributed by atoms with Crippen molar-refractivity contribution in [2.24, 2.45) is 0 Å². The molecule has 0 atom stereocenters. The largest absolute Gasteiger partial charge is 0.306 e. The van der Waals surface area contributed by atoms with Gasteiger partial charge in [-0.2, -0.15) is 0 Å². The number of halogens is 2. The highest BCUT2D eigenvalue weighted by molar-refractivity contribution is 9.10. The van der Waals surface area contributed by atoms with E-state index in [-0.39, 0.29) is 11.4 Å². The molecule has 4 nitrogen and oxygen atoms in total. The number of nitrogens with one attached hydrogen (secondary N) is 1. The lowest BCUT2D eigenvalue weighted by Gasteiger charge is -2.19. The summed E-state index contributed by atoms with van der Waals surface area (Å²) in [5, 5.41) is 11.6. The van der Waals surface area contributed by atoms with Gasteiger partial charge < -0.3 is 5.32 Å². The van der Waals surface area contributed by atoms with E-state index in [0.29, 0.717) is 13.1 Å². The smallest absolute Gasteiger partial charge is 0.124 e. The maximum atomic E-state index is 13.0. The highest BCUT2D eigenvalue weighted by Gasteiger charge is 2.10. The van der Waals surface area contributed by atoms with Crippen molar-refractivity contribution in [2.75, 3.05) is 0 Å². The van der Waals surface area contributed by atoms with E-state index in [4.69, 9.17) is 0 Å². The van der Waals surface area contributed by atoms with Gasteiger partial charge in [-0.25, -0.2) is 9.07 Å². The van der Waals surface area contributed by atoms with Crippen LogP contribution in [0.15, 0.2) is 28.9 Å². The zero-order chi connectivity index (χ0) is 14.8. The Kier molecular flexibility index (Phi) is 4.55. The first-order chi connectivity index (χ1) is 9.33. The number of nitrogens with zero attached hydrogens (tertiary/aromatic N) is 3. The molecule has 0 amide bonds. The van der Waals surface area contributed by atoms with E-state index in [1.54, 1.807) is 10.7 Å². The summed E-state index contributed by atoms with van der Waals surface area (Å²) in [6, 6.07) is 4.64. The molecule has 2 rings (SSSR count). The second-order valence-corrected chi connectivity index (χ2v) is 6.60. The van der Waals surface area contributed by atoms with Gasteiger partial charge in [0.15, 0.2) is 0 Å². The Morgan fingerprint density at radius 3 is 2.75 bits per heavy atom. The predicted molar refractivity (Wildman–Crippen MR) is 79.8 cm³/mol. The zero-order valence-electron chi connectivity index (χ0n) is 11.8. The molecule has 1 N–H and O–H groups in total. The molecule has 0 unspecified atom stereocenters. The average molecular weight is 341 g/mol. The molecule has 0 saturated carbocycles. The summed E-state index contributed by atoms with van der Waals surface area (Å²) >= 11 is 3.35. The summed E-state index contributed by atoms with van der Waals surface area (Å²) in [5.41, 5.74) is 1.90. The highest BCUT2D eigenvalue weighted by Crippen LogP contribution is 2.18. The number of rotatable bonds is 4. The molecule has 0 saturated heterocycles. The summed E-state index contributed by atoms with van der Waals surface area (Å²) in [6.45, 7) is 7.55. The van der Waals surface area contributed by atoms with Gasteiger partial charge in [-0.15, -0.1) is 5.10 Å². The Bertz CT molecular complexity index is 589. The Labute approximate surface area is 126 Å². The van der Waals surface area contributed by atoms with Crippen LogP contribution < -0.4 is 5.32 Å². The van der Waals surface area contributed by atoms with Gasteiger partial charge in [-0.3, -0.25) is 0 Å². The Balaban J connectivity index is 2.02. The van der Waals surface area contributed by atoms with Crippen molar-refractivity contribution >= 4 is 15.9 Å². The Morgan fingerprint density at radius 2 is 2.10 bits per heavy atom. The molecule has 0 aliphatic carbocycles. The first-order valence-electron chi connectivity index (χ1n) is 6.41. The van der Waals surface area contributed by atoms with Crippen molar-refractivity contribution in [2.45, 2.75) is 39.4 Å². The maximum Gasteiger partial charge on any atom is 0.124 e. The zero-order valence-corrected chi connectivity index (χ0v) is 13.4. The molecule has 108 valence electrons. The van der Waals surface area contributed by atoms with E-state index in [0.717, 1.165) is 15.7 Å². The SMILES string of the molecule is CC(C)(C)NCc1cn(Cc2ccc(F)cc2Br)nn1. The summed E-state index contributed by atoms with van der Waals surface area (Å²) < 4.78 is 15.5. The van der Waals surface area contributed by atoms with E-state index in [2.05, 4.69) is 52.3 Å². The van der Waals surface area contributed by atoms with Gasteiger partial charge in [0.05, 0.1) is 18.4 Å². The third-order valence-electron chi connectivity index (χ3n) is 2.73. The van der Waals surface area contributed by atoms with Crippen molar-refractivity contribution in [3.05, 3.63) is 45.9 Å². The number of benzene rings is 1. The molecule has 1 aromatic carbocycles. The van der Waals surface area contributed by atoms with Gasteiger partial charge in [0.2, 0.25) is 0 Å². The van der Waals surface area contributed by atoms with E-state index in [1.807, 2.05) is 6.20 Å². The van der Waals surface area contributed by atoms with Crippen molar-refractivity contribution in [3.63, 3.8) is 0 Å². The van der Waals surface area contributed by atoms with Gasteiger partial charge in [-0.05, 0) is 38.5 Å². The van der Waals surface area contributed by atoms with Gasteiger partial charge in [0.25, 0.3) is 0 Å². The lowest BCUT2D eigenvalue weighted by Crippen LogP contribution is -2.35. The highest BCUT2D eigenvalue weighted by atomic mass is 79.9. The summed E-state index contributed by atoms with van der Waals surface area (Å²) in [7, 11) is 0. The molecule has 20 heavy (non-hydrogen) atoms. The molecule has 1 aromatic heterocycles. The van der Waals surface area contributed by atoms with Crippen LogP contribution in [0.5, 0.6) is 0 Å². The van der Waals surface area contributed by atoms with Gasteiger partial charge in [0, 0.05) is 16.6 Å². The Morgan fingerprint density at radius 1 is 1.35 bits per heavy atom. The maximum absolute atomic E-state index is 13.0. The normalized spacial score (nSPS) is 11.8. The van der Waals surface area contributed by atoms with Crippen molar-refractivity contribution in [3.8, 4) is 0 Å². The van der Waals surface area contributed by atoms with Crippen LogP contribution in [0.25, 0.3) is 0 Å². The molecule has 0 bridgehead atoms. The van der Waals surface area contributed by atoms with Gasteiger partial charge in [0.1, 0.15) is 5.82 Å². The fourth-order valence-corrected chi connectivity index (χ4v) is 2.15. The third kappa shape index (κ3) is 4.38. The summed E-state index contributed by atoms with van der Waals surface area (Å²) in [6.07, 6.45) is 1.90. The van der Waals surface area contributed by atoms with Crippen LogP contribution in [-0.4, -0.2) is 20.5 Å². The molecule has 0 aliphatic heterocycles. The van der Waals surface area contributed by atoms with Gasteiger partial charge >= 0.3 is 0 Å². The summed E-state index contributed by atoms with van der Waals surface area (Å²) in [5.74, 6) is -0.255. The second kappa shape index (κ2) is 6.01. The van der Waals surface area contributed by atoms with Crippen LogP contribution >= 0.6 is 15.9 Å². The van der Waals surface area contributed by atoms with Crippen LogP contribution in [0.2, 0.25) is 0 Å². The summed E-state index contributed by atoms with van der Waals surface area (Å²) in [4.78, 5) is 0. The van der Waals surface area contributed by atoms with Crippen LogP contribution in [0.1, 0.15) is 32.0 Å². The van der Waals surface area contributed by atoms with Crippen molar-refractivity contribution in [1.29, 1.82) is 0 Å².